The van der Waals surface area contributed by atoms with Crippen LogP contribution >= 0.6 is 23.2 Å². The van der Waals surface area contributed by atoms with E-state index in [0.29, 0.717) is 10.6 Å². The Bertz CT molecular complexity index is 528. The Labute approximate surface area is 134 Å². The molecule has 21 heavy (non-hydrogen) atoms. The van der Waals surface area contributed by atoms with E-state index in [4.69, 9.17) is 23.2 Å². The molecule has 1 aliphatic rings. The first-order valence-electron chi connectivity index (χ1n) is 7.09. The van der Waals surface area contributed by atoms with Crippen LogP contribution in [0.4, 0.5) is 0 Å². The molecule has 0 unspecified atom stereocenters. The van der Waals surface area contributed by atoms with Crippen molar-refractivity contribution in [3.8, 4) is 0 Å². The largest absolute Gasteiger partial charge is 0.352 e. The first kappa shape index (κ1) is 16.1. The zero-order valence-electron chi connectivity index (χ0n) is 11.6. The van der Waals surface area contributed by atoms with Gasteiger partial charge in [0.2, 0.25) is 5.91 Å². The summed E-state index contributed by atoms with van der Waals surface area (Å²) in [7, 11) is 0. The maximum Gasteiger partial charge on any atom is 0.253 e. The summed E-state index contributed by atoms with van der Waals surface area (Å²) in [4.78, 5) is 23.8. The molecule has 2 rings (SSSR count). The number of rotatable bonds is 4. The summed E-state index contributed by atoms with van der Waals surface area (Å²) >= 11 is 11.7. The van der Waals surface area contributed by atoms with Crippen LogP contribution < -0.4 is 10.6 Å². The van der Waals surface area contributed by atoms with Crippen molar-refractivity contribution in [1.29, 1.82) is 0 Å². The number of nitrogens with one attached hydrogen (secondary N) is 2. The molecule has 0 saturated heterocycles. The third-order valence-corrected chi connectivity index (χ3v) is 4.10. The molecule has 1 aliphatic carbocycles. The Kier molecular flexibility index (Phi) is 5.88. The van der Waals surface area contributed by atoms with Crippen molar-refractivity contribution in [2.45, 2.75) is 38.1 Å². The Morgan fingerprint density at radius 1 is 1.14 bits per heavy atom. The van der Waals surface area contributed by atoms with Gasteiger partial charge in [-0.15, -0.1) is 0 Å². The van der Waals surface area contributed by atoms with Crippen molar-refractivity contribution in [1.82, 2.24) is 10.6 Å². The number of carbonyl (C=O) groups is 2. The van der Waals surface area contributed by atoms with Crippen molar-refractivity contribution in [3.05, 3.63) is 33.8 Å². The maximum atomic E-state index is 12.0. The van der Waals surface area contributed by atoms with Crippen LogP contribution in [0.1, 0.15) is 42.5 Å². The SMILES string of the molecule is O=C(CNC(=O)c1ccc(Cl)cc1Cl)NC1CCCCC1. The first-order valence-corrected chi connectivity index (χ1v) is 7.84. The third-order valence-electron chi connectivity index (χ3n) is 3.56. The van der Waals surface area contributed by atoms with E-state index < -0.39 is 0 Å². The second-order valence-corrected chi connectivity index (χ2v) is 6.05. The maximum absolute atomic E-state index is 12.0. The molecule has 1 aromatic rings. The fourth-order valence-electron chi connectivity index (χ4n) is 2.46. The zero-order chi connectivity index (χ0) is 15.2. The zero-order valence-corrected chi connectivity index (χ0v) is 13.1. The smallest absolute Gasteiger partial charge is 0.253 e. The molecule has 114 valence electrons. The van der Waals surface area contributed by atoms with E-state index >= 15 is 0 Å². The quantitative estimate of drug-likeness (QED) is 0.891. The Morgan fingerprint density at radius 2 is 1.86 bits per heavy atom. The molecule has 0 heterocycles. The highest BCUT2D eigenvalue weighted by Gasteiger charge is 2.17. The lowest BCUT2D eigenvalue weighted by atomic mass is 9.95. The minimum absolute atomic E-state index is 0.0473. The van der Waals surface area contributed by atoms with Gasteiger partial charge < -0.3 is 10.6 Å². The van der Waals surface area contributed by atoms with E-state index in [1.165, 1.54) is 12.5 Å². The van der Waals surface area contributed by atoms with Gasteiger partial charge in [-0.3, -0.25) is 9.59 Å². The Balaban J connectivity index is 1.81. The van der Waals surface area contributed by atoms with Gasteiger partial charge in [-0.05, 0) is 31.0 Å². The van der Waals surface area contributed by atoms with Gasteiger partial charge in [0.1, 0.15) is 0 Å². The first-order chi connectivity index (χ1) is 10.1. The number of amides is 2. The average Bonchev–Trinajstić information content (AvgIpc) is 2.46. The van der Waals surface area contributed by atoms with Crippen molar-refractivity contribution >= 4 is 35.0 Å². The Hall–Kier alpha value is -1.26. The van der Waals surface area contributed by atoms with Crippen LogP contribution in [0.25, 0.3) is 0 Å². The summed E-state index contributed by atoms with van der Waals surface area (Å²) in [5.41, 5.74) is 0.312. The molecular weight excluding hydrogens is 311 g/mol. The highest BCUT2D eigenvalue weighted by Crippen LogP contribution is 2.20. The van der Waals surface area contributed by atoms with Crippen molar-refractivity contribution in [2.24, 2.45) is 0 Å². The van der Waals surface area contributed by atoms with Gasteiger partial charge in [0.25, 0.3) is 5.91 Å². The highest BCUT2D eigenvalue weighted by atomic mass is 35.5. The second kappa shape index (κ2) is 7.66. The van der Waals surface area contributed by atoms with Crippen molar-refractivity contribution in [2.75, 3.05) is 6.54 Å². The summed E-state index contributed by atoms with van der Waals surface area (Å²) in [5.74, 6) is -0.546. The molecule has 0 radical (unpaired) electrons. The molecule has 0 atom stereocenters. The number of hydrogen-bond donors (Lipinski definition) is 2. The lowest BCUT2D eigenvalue weighted by Gasteiger charge is -2.22. The predicted molar refractivity (Wildman–Crippen MR) is 83.8 cm³/mol. The summed E-state index contributed by atoms with van der Waals surface area (Å²) in [6, 6.07) is 4.87. The molecule has 0 aliphatic heterocycles. The van der Waals surface area contributed by atoms with Crippen LogP contribution in [0.15, 0.2) is 18.2 Å². The van der Waals surface area contributed by atoms with Crippen molar-refractivity contribution < 1.29 is 9.59 Å². The number of carbonyl (C=O) groups excluding carboxylic acids is 2. The lowest BCUT2D eigenvalue weighted by molar-refractivity contribution is -0.121. The monoisotopic (exact) mass is 328 g/mol. The van der Waals surface area contributed by atoms with E-state index in [9.17, 15) is 9.59 Å². The van der Waals surface area contributed by atoms with Gasteiger partial charge in [-0.1, -0.05) is 42.5 Å². The molecule has 1 saturated carbocycles. The predicted octanol–water partition coefficient (Wildman–Crippen LogP) is 3.17. The summed E-state index contributed by atoms with van der Waals surface area (Å²) in [6.07, 6.45) is 5.57. The molecular formula is C15H18Cl2N2O2. The standard InChI is InChI=1S/C15H18Cl2N2O2/c16-10-6-7-12(13(17)8-10)15(21)18-9-14(20)19-11-4-2-1-3-5-11/h6-8,11H,1-5,9H2,(H,18,21)(H,19,20). The number of halogens is 2. The van der Waals surface area contributed by atoms with Gasteiger partial charge >= 0.3 is 0 Å². The van der Waals surface area contributed by atoms with Crippen LogP contribution in [0.5, 0.6) is 0 Å². The number of hydrogen-bond acceptors (Lipinski definition) is 2. The van der Waals surface area contributed by atoms with Crippen LogP contribution in [0, 0.1) is 0 Å². The van der Waals surface area contributed by atoms with E-state index in [1.54, 1.807) is 12.1 Å². The molecule has 2 amide bonds. The molecule has 1 fully saturated rings. The van der Waals surface area contributed by atoms with Crippen molar-refractivity contribution in [3.63, 3.8) is 0 Å². The fourth-order valence-corrected chi connectivity index (χ4v) is 2.95. The highest BCUT2D eigenvalue weighted by molar-refractivity contribution is 6.36. The van der Waals surface area contributed by atoms with Crippen LogP contribution in [-0.4, -0.2) is 24.4 Å². The van der Waals surface area contributed by atoms with E-state index in [0.717, 1.165) is 25.7 Å². The van der Waals surface area contributed by atoms with Crippen LogP contribution in [0.3, 0.4) is 0 Å². The normalized spacial score (nSPS) is 15.5. The van der Waals surface area contributed by atoms with E-state index in [-0.39, 0.29) is 29.4 Å². The van der Waals surface area contributed by atoms with E-state index in [2.05, 4.69) is 10.6 Å². The molecule has 0 bridgehead atoms. The fraction of sp³-hybridized carbons (Fsp3) is 0.467. The van der Waals surface area contributed by atoms with E-state index in [1.807, 2.05) is 0 Å². The molecule has 6 heteroatoms. The summed E-state index contributed by atoms with van der Waals surface area (Å²) in [5, 5.41) is 6.25. The van der Waals surface area contributed by atoms with Gasteiger partial charge in [-0.2, -0.15) is 0 Å². The topological polar surface area (TPSA) is 58.2 Å². The molecule has 0 aromatic heterocycles. The molecule has 1 aromatic carbocycles. The van der Waals surface area contributed by atoms with Gasteiger partial charge in [0.05, 0.1) is 17.1 Å². The van der Waals surface area contributed by atoms with Gasteiger partial charge in [-0.25, -0.2) is 0 Å². The lowest BCUT2D eigenvalue weighted by Crippen LogP contribution is -2.42. The minimum Gasteiger partial charge on any atom is -0.352 e. The summed E-state index contributed by atoms with van der Waals surface area (Å²) < 4.78 is 0. The van der Waals surface area contributed by atoms with Gasteiger partial charge in [0.15, 0.2) is 0 Å². The molecule has 4 nitrogen and oxygen atoms in total. The Morgan fingerprint density at radius 3 is 2.52 bits per heavy atom. The summed E-state index contributed by atoms with van der Waals surface area (Å²) in [6.45, 7) is -0.0473. The average molecular weight is 329 g/mol. The number of benzene rings is 1. The molecule has 0 spiro atoms. The second-order valence-electron chi connectivity index (χ2n) is 5.21. The van der Waals surface area contributed by atoms with Gasteiger partial charge in [0, 0.05) is 11.1 Å². The minimum atomic E-state index is -0.379. The van der Waals surface area contributed by atoms with Crippen LogP contribution in [-0.2, 0) is 4.79 Å². The third kappa shape index (κ3) is 4.90. The van der Waals surface area contributed by atoms with Crippen LogP contribution in [0.2, 0.25) is 10.0 Å². The molecule has 2 N–H and O–H groups in total.